The molecule has 0 bridgehead atoms. The number of sulfonamides is 1. The zero-order chi connectivity index (χ0) is 15.8. The summed E-state index contributed by atoms with van der Waals surface area (Å²) in [5.41, 5.74) is 0.252. The van der Waals surface area contributed by atoms with Gasteiger partial charge in [0.2, 0.25) is 10.0 Å². The van der Waals surface area contributed by atoms with Gasteiger partial charge in [-0.1, -0.05) is 6.92 Å². The van der Waals surface area contributed by atoms with Crippen molar-refractivity contribution in [1.29, 1.82) is 0 Å². The highest BCUT2D eigenvalue weighted by Crippen LogP contribution is 2.22. The first-order chi connectivity index (χ1) is 9.70. The molecule has 116 valence electrons. The first kappa shape index (κ1) is 15.9. The van der Waals surface area contributed by atoms with Gasteiger partial charge in [-0.2, -0.15) is 0 Å². The van der Waals surface area contributed by atoms with E-state index in [1.807, 2.05) is 0 Å². The number of benzene rings is 1. The molecule has 1 amide bonds. The average Bonchev–Trinajstić information content (AvgIpc) is 2.39. The summed E-state index contributed by atoms with van der Waals surface area (Å²) in [5.74, 6) is -0.780. The van der Waals surface area contributed by atoms with Gasteiger partial charge in [0, 0.05) is 18.7 Å². The minimum atomic E-state index is -4.20. The van der Waals surface area contributed by atoms with Crippen molar-refractivity contribution in [2.75, 3.05) is 13.1 Å². The highest BCUT2D eigenvalue weighted by molar-refractivity contribution is 7.89. The summed E-state index contributed by atoms with van der Waals surface area (Å²) in [7, 11) is -4.20. The largest absolute Gasteiger partial charge is 0.338 e. The van der Waals surface area contributed by atoms with Crippen molar-refractivity contribution in [3.8, 4) is 0 Å². The van der Waals surface area contributed by atoms with E-state index in [1.165, 1.54) is 13.0 Å². The first-order valence-electron chi connectivity index (χ1n) is 6.82. The zero-order valence-electron chi connectivity index (χ0n) is 12.1. The molecule has 1 unspecified atom stereocenters. The fourth-order valence-electron chi connectivity index (χ4n) is 2.62. The van der Waals surface area contributed by atoms with Gasteiger partial charge in [-0.25, -0.2) is 17.9 Å². The van der Waals surface area contributed by atoms with E-state index in [-0.39, 0.29) is 17.0 Å². The highest BCUT2D eigenvalue weighted by atomic mass is 32.2. The lowest BCUT2D eigenvalue weighted by molar-refractivity contribution is 0.0682. The predicted octanol–water partition coefficient (Wildman–Crippen LogP) is 1.65. The second-order valence-electron chi connectivity index (χ2n) is 5.65. The number of rotatable bonds is 2. The molecule has 1 heterocycles. The van der Waals surface area contributed by atoms with Crippen LogP contribution >= 0.6 is 0 Å². The van der Waals surface area contributed by atoms with Crippen molar-refractivity contribution in [2.45, 2.75) is 31.6 Å². The normalized spacial score (nSPS) is 19.6. The van der Waals surface area contributed by atoms with E-state index >= 15 is 0 Å². The van der Waals surface area contributed by atoms with E-state index in [9.17, 15) is 17.6 Å². The number of nitrogens with zero attached hydrogens (tertiary/aromatic N) is 1. The van der Waals surface area contributed by atoms with Crippen LogP contribution < -0.4 is 5.14 Å². The third-order valence-electron chi connectivity index (χ3n) is 3.72. The Balaban J connectivity index is 2.40. The second kappa shape index (κ2) is 5.73. The molecular weight excluding hydrogens is 295 g/mol. The molecule has 5 nitrogen and oxygen atoms in total. The van der Waals surface area contributed by atoms with Crippen molar-refractivity contribution in [1.82, 2.24) is 4.90 Å². The summed E-state index contributed by atoms with van der Waals surface area (Å²) in [6.07, 6.45) is 1.98. The van der Waals surface area contributed by atoms with Crippen molar-refractivity contribution in [3.05, 3.63) is 29.1 Å². The SMILES string of the molecule is Cc1cc(C(=O)N2CCCC(C)C2)cc(S(N)(=O)=O)c1F. The number of carbonyl (C=O) groups is 1. The Morgan fingerprint density at radius 3 is 2.67 bits per heavy atom. The standard InChI is InChI=1S/C14H19FN2O3S/c1-9-4-3-5-17(8-9)14(18)11-6-10(2)13(15)12(7-11)21(16,19)20/h6-7,9H,3-5,8H2,1-2H3,(H2,16,19,20). The molecule has 0 radical (unpaired) electrons. The molecule has 1 aromatic carbocycles. The molecule has 1 aliphatic rings. The van der Waals surface area contributed by atoms with Crippen molar-refractivity contribution in [2.24, 2.45) is 11.1 Å². The zero-order valence-corrected chi connectivity index (χ0v) is 12.9. The van der Waals surface area contributed by atoms with E-state index in [2.05, 4.69) is 6.92 Å². The van der Waals surface area contributed by atoms with Crippen LogP contribution in [-0.2, 0) is 10.0 Å². The Hall–Kier alpha value is -1.47. The number of aryl methyl sites for hydroxylation is 1. The van der Waals surface area contributed by atoms with Crippen LogP contribution in [0.1, 0.15) is 35.7 Å². The van der Waals surface area contributed by atoms with Gasteiger partial charge in [0.25, 0.3) is 5.91 Å². The van der Waals surface area contributed by atoms with E-state index in [4.69, 9.17) is 5.14 Å². The van der Waals surface area contributed by atoms with Crippen molar-refractivity contribution >= 4 is 15.9 Å². The number of piperidine rings is 1. The maximum atomic E-state index is 13.9. The molecule has 0 aromatic heterocycles. The quantitative estimate of drug-likeness (QED) is 0.901. The topological polar surface area (TPSA) is 80.5 Å². The van der Waals surface area contributed by atoms with Gasteiger partial charge in [0.1, 0.15) is 10.7 Å². The van der Waals surface area contributed by atoms with Crippen LogP contribution in [0.2, 0.25) is 0 Å². The van der Waals surface area contributed by atoms with Crippen LogP contribution in [0.3, 0.4) is 0 Å². The van der Waals surface area contributed by atoms with Gasteiger partial charge >= 0.3 is 0 Å². The second-order valence-corrected chi connectivity index (χ2v) is 7.18. The van der Waals surface area contributed by atoms with Crippen LogP contribution in [0.15, 0.2) is 17.0 Å². The number of hydrogen-bond acceptors (Lipinski definition) is 3. The average molecular weight is 314 g/mol. The molecule has 0 aliphatic carbocycles. The third-order valence-corrected chi connectivity index (χ3v) is 4.63. The lowest BCUT2D eigenvalue weighted by atomic mass is 9.99. The smallest absolute Gasteiger partial charge is 0.253 e. The summed E-state index contributed by atoms with van der Waals surface area (Å²) >= 11 is 0. The van der Waals surface area contributed by atoms with Crippen molar-refractivity contribution < 1.29 is 17.6 Å². The molecule has 1 aromatic rings. The van der Waals surface area contributed by atoms with Gasteiger partial charge in [-0.05, 0) is 43.4 Å². The summed E-state index contributed by atoms with van der Waals surface area (Å²) in [5, 5.41) is 5.00. The molecule has 2 rings (SSSR count). The summed E-state index contributed by atoms with van der Waals surface area (Å²) in [4.78, 5) is 13.5. The molecule has 2 N–H and O–H groups in total. The minimum Gasteiger partial charge on any atom is -0.338 e. The number of carbonyl (C=O) groups excluding carboxylic acids is 1. The summed E-state index contributed by atoms with van der Waals surface area (Å²) in [6, 6.07) is 2.39. The number of nitrogens with two attached hydrogens (primary N) is 1. The summed E-state index contributed by atoms with van der Waals surface area (Å²) < 4.78 is 36.7. The first-order valence-corrected chi connectivity index (χ1v) is 8.37. The van der Waals surface area contributed by atoms with Crippen LogP contribution in [0, 0.1) is 18.7 Å². The van der Waals surface area contributed by atoms with Gasteiger partial charge in [-0.3, -0.25) is 4.79 Å². The number of halogens is 1. The Bertz CT molecular complexity index is 673. The van der Waals surface area contributed by atoms with Gasteiger partial charge in [-0.15, -0.1) is 0 Å². The lowest BCUT2D eigenvalue weighted by Crippen LogP contribution is -2.39. The van der Waals surface area contributed by atoms with Gasteiger partial charge in [0.05, 0.1) is 0 Å². The molecule has 0 saturated carbocycles. The summed E-state index contributed by atoms with van der Waals surface area (Å²) in [6.45, 7) is 4.73. The van der Waals surface area contributed by atoms with Crippen LogP contribution in [0.4, 0.5) is 4.39 Å². The molecular formula is C14H19FN2O3S. The number of hydrogen-bond donors (Lipinski definition) is 1. The molecule has 1 aliphatic heterocycles. The fraction of sp³-hybridized carbons (Fsp3) is 0.500. The number of amides is 1. The van der Waals surface area contributed by atoms with Crippen LogP contribution in [-0.4, -0.2) is 32.3 Å². The van der Waals surface area contributed by atoms with E-state index in [0.29, 0.717) is 19.0 Å². The van der Waals surface area contributed by atoms with E-state index < -0.39 is 20.7 Å². The highest BCUT2D eigenvalue weighted by Gasteiger charge is 2.25. The van der Waals surface area contributed by atoms with Crippen molar-refractivity contribution in [3.63, 3.8) is 0 Å². The third kappa shape index (κ3) is 3.41. The Labute approximate surface area is 124 Å². The predicted molar refractivity (Wildman–Crippen MR) is 76.8 cm³/mol. The Kier molecular flexibility index (Phi) is 4.34. The van der Waals surface area contributed by atoms with Crippen LogP contribution in [0.25, 0.3) is 0 Å². The lowest BCUT2D eigenvalue weighted by Gasteiger charge is -2.31. The molecule has 7 heteroatoms. The van der Waals surface area contributed by atoms with Gasteiger partial charge in [0.15, 0.2) is 0 Å². The van der Waals surface area contributed by atoms with Crippen LogP contribution in [0.5, 0.6) is 0 Å². The fourth-order valence-corrected chi connectivity index (χ4v) is 3.33. The van der Waals surface area contributed by atoms with E-state index in [1.54, 1.807) is 4.90 Å². The molecule has 0 spiro atoms. The molecule has 1 saturated heterocycles. The molecule has 21 heavy (non-hydrogen) atoms. The minimum absolute atomic E-state index is 0.0925. The molecule has 1 atom stereocenters. The van der Waals surface area contributed by atoms with E-state index in [0.717, 1.165) is 18.9 Å². The maximum absolute atomic E-state index is 13.9. The Morgan fingerprint density at radius 1 is 1.43 bits per heavy atom. The van der Waals surface area contributed by atoms with Gasteiger partial charge < -0.3 is 4.90 Å². The Morgan fingerprint density at radius 2 is 2.10 bits per heavy atom. The molecule has 1 fully saturated rings. The monoisotopic (exact) mass is 314 g/mol. The maximum Gasteiger partial charge on any atom is 0.253 e. The number of likely N-dealkylation sites (tertiary alicyclic amines) is 1. The number of primary sulfonamides is 1.